The highest BCUT2D eigenvalue weighted by Crippen LogP contribution is 2.20. The summed E-state index contributed by atoms with van der Waals surface area (Å²) in [6.45, 7) is 9.94. The van der Waals surface area contributed by atoms with Crippen LogP contribution in [0.15, 0.2) is 46.2 Å². The molecule has 0 spiro atoms. The molecule has 0 atom stereocenters. The Balaban J connectivity index is 2.16. The maximum atomic E-state index is 13.3. The van der Waals surface area contributed by atoms with Gasteiger partial charge in [0.25, 0.3) is 0 Å². The summed E-state index contributed by atoms with van der Waals surface area (Å²) in [5, 5.41) is 0. The van der Waals surface area contributed by atoms with Gasteiger partial charge in [0.2, 0.25) is 0 Å². The van der Waals surface area contributed by atoms with Crippen molar-refractivity contribution in [3.05, 3.63) is 63.1 Å². The minimum Gasteiger partial charge on any atom is -0.443 e. The van der Waals surface area contributed by atoms with Crippen LogP contribution in [0.5, 0.6) is 0 Å². The van der Waals surface area contributed by atoms with Crippen LogP contribution in [0.2, 0.25) is 0 Å². The lowest BCUT2D eigenvalue weighted by molar-refractivity contribution is -0.159. The maximum absolute atomic E-state index is 13.3. The number of benzene rings is 1. The Labute approximate surface area is 196 Å². The van der Waals surface area contributed by atoms with Crippen LogP contribution in [0.25, 0.3) is 11.2 Å². The van der Waals surface area contributed by atoms with Crippen molar-refractivity contribution >= 4 is 23.1 Å². The van der Waals surface area contributed by atoms with Crippen LogP contribution in [-0.4, -0.2) is 30.8 Å². The minimum atomic E-state index is -0.968. The molecule has 3 aromatic rings. The maximum Gasteiger partial charge on any atom is 0.369 e. The fraction of sp³-hybridized carbons (Fsp3) is 0.458. The van der Waals surface area contributed by atoms with Crippen molar-refractivity contribution in [2.24, 2.45) is 10.8 Å². The topological polar surface area (TPSA) is 114 Å². The molecule has 182 valence electrons. The third-order valence-corrected chi connectivity index (χ3v) is 5.61. The lowest BCUT2D eigenvalue weighted by Crippen LogP contribution is -2.48. The van der Waals surface area contributed by atoms with Crippen molar-refractivity contribution < 1.29 is 19.2 Å². The highest BCUT2D eigenvalue weighted by atomic mass is 16.7. The summed E-state index contributed by atoms with van der Waals surface area (Å²) in [4.78, 5) is 61.0. The third-order valence-electron chi connectivity index (χ3n) is 5.61. The van der Waals surface area contributed by atoms with Crippen LogP contribution >= 0.6 is 0 Å². The second-order valence-corrected chi connectivity index (χ2v) is 9.77. The van der Waals surface area contributed by atoms with Gasteiger partial charge in [-0.15, -0.1) is 0 Å². The highest BCUT2D eigenvalue weighted by Gasteiger charge is 2.31. The van der Waals surface area contributed by atoms with E-state index in [9.17, 15) is 19.2 Å². The second-order valence-electron chi connectivity index (χ2n) is 9.77. The predicted octanol–water partition coefficient (Wildman–Crippen LogP) is 2.35. The summed E-state index contributed by atoms with van der Waals surface area (Å²) in [6.07, 6.45) is 1.86. The van der Waals surface area contributed by atoms with Gasteiger partial charge in [-0.25, -0.2) is 19.1 Å². The van der Waals surface area contributed by atoms with Crippen molar-refractivity contribution in [3.63, 3.8) is 0 Å². The quantitative estimate of drug-likeness (QED) is 0.487. The number of nitrogens with zero attached hydrogens (tertiary/aromatic N) is 4. The number of rotatable bonds is 7. The molecule has 10 heteroatoms. The number of imidazole rings is 1. The summed E-state index contributed by atoms with van der Waals surface area (Å²) in [6, 6.07) is 9.37. The monoisotopic (exact) mass is 470 g/mol. The SMILES string of the molecule is CCC(C)(C)C(=O)On1c(=O)c2c(ncn2Cc2ccccc2)n(COC(=O)C(C)(C)C)c1=O. The zero-order valence-electron chi connectivity index (χ0n) is 20.3. The van der Waals surface area contributed by atoms with Crippen LogP contribution in [0, 0.1) is 10.8 Å². The molecule has 1 aromatic carbocycles. The van der Waals surface area contributed by atoms with Gasteiger partial charge < -0.3 is 14.1 Å². The van der Waals surface area contributed by atoms with E-state index >= 15 is 0 Å². The Morgan fingerprint density at radius 2 is 1.65 bits per heavy atom. The molecule has 0 bridgehead atoms. The fourth-order valence-electron chi connectivity index (χ4n) is 2.96. The van der Waals surface area contributed by atoms with Gasteiger partial charge in [0.1, 0.15) is 0 Å². The van der Waals surface area contributed by atoms with Gasteiger partial charge in [0.05, 0.1) is 17.2 Å². The van der Waals surface area contributed by atoms with E-state index in [1.165, 1.54) is 6.33 Å². The number of hydrogen-bond acceptors (Lipinski definition) is 7. The summed E-state index contributed by atoms with van der Waals surface area (Å²) in [7, 11) is 0. The first-order chi connectivity index (χ1) is 15.9. The Bertz CT molecular complexity index is 1330. The van der Waals surface area contributed by atoms with E-state index in [-0.39, 0.29) is 11.2 Å². The third kappa shape index (κ3) is 4.95. The van der Waals surface area contributed by atoms with E-state index in [0.717, 1.165) is 10.1 Å². The van der Waals surface area contributed by atoms with E-state index in [0.29, 0.717) is 17.7 Å². The van der Waals surface area contributed by atoms with Crippen LogP contribution in [0.3, 0.4) is 0 Å². The summed E-state index contributed by atoms with van der Waals surface area (Å²) < 4.78 is 8.30. The van der Waals surface area contributed by atoms with Gasteiger partial charge in [0.15, 0.2) is 17.9 Å². The number of ether oxygens (including phenoxy) is 1. The lowest BCUT2D eigenvalue weighted by Gasteiger charge is -2.21. The summed E-state index contributed by atoms with van der Waals surface area (Å²) in [5.74, 6) is -1.28. The number of esters is 1. The molecule has 0 radical (unpaired) electrons. The first-order valence-corrected chi connectivity index (χ1v) is 11.0. The molecule has 0 saturated carbocycles. The normalized spacial score (nSPS) is 12.1. The number of carbonyl (C=O) groups is 2. The minimum absolute atomic E-state index is 0.0229. The van der Waals surface area contributed by atoms with Crippen LogP contribution in [0.1, 0.15) is 53.5 Å². The van der Waals surface area contributed by atoms with E-state index in [4.69, 9.17) is 9.57 Å². The van der Waals surface area contributed by atoms with Crippen molar-refractivity contribution in [1.82, 2.24) is 18.8 Å². The fourth-order valence-corrected chi connectivity index (χ4v) is 2.96. The van der Waals surface area contributed by atoms with Gasteiger partial charge in [0, 0.05) is 6.54 Å². The largest absolute Gasteiger partial charge is 0.443 e. The van der Waals surface area contributed by atoms with Crippen molar-refractivity contribution in [2.45, 2.75) is 61.2 Å². The molecule has 10 nitrogen and oxygen atoms in total. The average Bonchev–Trinajstić information content (AvgIpc) is 3.19. The number of carbonyl (C=O) groups excluding carboxylic acids is 2. The molecule has 0 aliphatic heterocycles. The molecule has 0 aliphatic rings. The summed E-state index contributed by atoms with van der Waals surface area (Å²) in [5.41, 5.74) is -2.56. The molecule has 0 saturated heterocycles. The molecule has 3 rings (SSSR count). The Hall–Kier alpha value is -3.69. The molecule has 0 N–H and O–H groups in total. The standard InChI is InChI=1S/C24H30N4O6/c1-7-24(5,6)21(31)34-28-19(29)17-18(25-14-26(17)13-16-11-9-8-10-12-16)27(22(28)32)15-33-20(30)23(2,3)4/h8-12,14H,7,13,15H2,1-6H3. The molecule has 0 fully saturated rings. The molecule has 2 aromatic heterocycles. The van der Waals surface area contributed by atoms with Crippen molar-refractivity contribution in [1.29, 1.82) is 0 Å². The van der Waals surface area contributed by atoms with E-state index < -0.39 is 40.7 Å². The van der Waals surface area contributed by atoms with Gasteiger partial charge in [-0.1, -0.05) is 42.0 Å². The van der Waals surface area contributed by atoms with Gasteiger partial charge in [-0.3, -0.25) is 9.59 Å². The number of hydrogen-bond donors (Lipinski definition) is 0. The molecule has 0 aliphatic carbocycles. The molecule has 2 heterocycles. The molecule has 34 heavy (non-hydrogen) atoms. The van der Waals surface area contributed by atoms with Crippen LogP contribution < -0.4 is 16.1 Å². The first-order valence-electron chi connectivity index (χ1n) is 11.0. The smallest absolute Gasteiger partial charge is 0.369 e. The van der Waals surface area contributed by atoms with Crippen molar-refractivity contribution in [3.8, 4) is 0 Å². The van der Waals surface area contributed by atoms with Crippen LogP contribution in [0.4, 0.5) is 0 Å². The molecule has 0 amide bonds. The Morgan fingerprint density at radius 3 is 2.24 bits per heavy atom. The van der Waals surface area contributed by atoms with Gasteiger partial charge in [-0.05, 0) is 46.6 Å². The van der Waals surface area contributed by atoms with Crippen molar-refractivity contribution in [2.75, 3.05) is 0 Å². The predicted molar refractivity (Wildman–Crippen MR) is 125 cm³/mol. The summed E-state index contributed by atoms with van der Waals surface area (Å²) >= 11 is 0. The molecule has 0 unspecified atom stereocenters. The highest BCUT2D eigenvalue weighted by molar-refractivity contribution is 5.77. The van der Waals surface area contributed by atoms with E-state index in [1.54, 1.807) is 46.1 Å². The number of aromatic nitrogens is 4. The second kappa shape index (κ2) is 9.28. The molecular formula is C24H30N4O6. The molecular weight excluding hydrogens is 440 g/mol. The van der Waals surface area contributed by atoms with E-state index in [2.05, 4.69) is 4.98 Å². The van der Waals surface area contributed by atoms with Crippen LogP contribution in [-0.2, 0) is 27.6 Å². The zero-order chi connectivity index (χ0) is 25.3. The Kier molecular flexibility index (Phi) is 6.81. The Morgan fingerprint density at radius 1 is 1.00 bits per heavy atom. The average molecular weight is 471 g/mol. The lowest BCUT2D eigenvalue weighted by atomic mass is 9.91. The van der Waals surface area contributed by atoms with E-state index in [1.807, 2.05) is 30.3 Å². The first kappa shape index (κ1) is 24.9. The zero-order valence-corrected chi connectivity index (χ0v) is 20.3. The van der Waals surface area contributed by atoms with Gasteiger partial charge >= 0.3 is 23.2 Å². The van der Waals surface area contributed by atoms with Gasteiger partial charge in [-0.2, -0.15) is 0 Å². The number of fused-ring (bicyclic) bond motifs is 1.